The summed E-state index contributed by atoms with van der Waals surface area (Å²) < 4.78 is 19.4. The number of pyridine rings is 1. The molecule has 0 saturated carbocycles. The van der Waals surface area contributed by atoms with Gasteiger partial charge in [0.25, 0.3) is 0 Å². The van der Waals surface area contributed by atoms with E-state index in [0.29, 0.717) is 10.0 Å². The second kappa shape index (κ2) is 5.87. The minimum absolute atomic E-state index is 0.124. The Morgan fingerprint density at radius 1 is 1.45 bits per heavy atom. The standard InChI is InChI=1S/C13H11BrFN3O2/c1-7-2-3-17-13(11(7)12(16)18-19)20-10-5-8(14)4-9(15)6-10/h2-6,19H,1H3,(H2,16,18). The summed E-state index contributed by atoms with van der Waals surface area (Å²) in [6.07, 6.45) is 1.52. The van der Waals surface area contributed by atoms with Gasteiger partial charge in [0, 0.05) is 16.7 Å². The summed E-state index contributed by atoms with van der Waals surface area (Å²) in [5.74, 6) is -0.187. The first-order chi connectivity index (χ1) is 9.51. The van der Waals surface area contributed by atoms with Gasteiger partial charge in [0.05, 0.1) is 5.56 Å². The maximum absolute atomic E-state index is 13.3. The average molecular weight is 340 g/mol. The summed E-state index contributed by atoms with van der Waals surface area (Å²) in [4.78, 5) is 4.03. The van der Waals surface area contributed by atoms with E-state index in [0.717, 1.165) is 5.56 Å². The number of ether oxygens (including phenoxy) is 1. The molecule has 0 bridgehead atoms. The Bertz CT molecular complexity index is 656. The van der Waals surface area contributed by atoms with Crippen LogP contribution in [0, 0.1) is 12.7 Å². The zero-order valence-electron chi connectivity index (χ0n) is 10.5. The number of aryl methyl sites for hydroxylation is 1. The number of nitrogens with zero attached hydrogens (tertiary/aromatic N) is 2. The predicted octanol–water partition coefficient (Wildman–Crippen LogP) is 3.18. The Kier molecular flexibility index (Phi) is 4.19. The molecule has 0 aliphatic carbocycles. The summed E-state index contributed by atoms with van der Waals surface area (Å²) in [5, 5.41) is 11.8. The Labute approximate surface area is 123 Å². The zero-order chi connectivity index (χ0) is 14.7. The molecule has 2 aromatic rings. The van der Waals surface area contributed by atoms with E-state index >= 15 is 0 Å². The number of hydrogen-bond donors (Lipinski definition) is 2. The smallest absolute Gasteiger partial charge is 0.230 e. The van der Waals surface area contributed by atoms with Crippen LogP contribution in [0.4, 0.5) is 4.39 Å². The van der Waals surface area contributed by atoms with E-state index in [1.807, 2.05) is 0 Å². The fraction of sp³-hybridized carbons (Fsp3) is 0.0769. The predicted molar refractivity (Wildman–Crippen MR) is 75.7 cm³/mol. The number of halogens is 2. The van der Waals surface area contributed by atoms with Gasteiger partial charge in [-0.3, -0.25) is 0 Å². The molecule has 1 aromatic heterocycles. The third-order valence-electron chi connectivity index (χ3n) is 2.54. The number of aromatic nitrogens is 1. The Morgan fingerprint density at radius 3 is 2.85 bits per heavy atom. The van der Waals surface area contributed by atoms with Crippen molar-refractivity contribution >= 4 is 21.8 Å². The minimum Gasteiger partial charge on any atom is -0.438 e. The molecule has 0 aliphatic heterocycles. The quantitative estimate of drug-likeness (QED) is 0.389. The zero-order valence-corrected chi connectivity index (χ0v) is 12.1. The highest BCUT2D eigenvalue weighted by molar-refractivity contribution is 9.10. The highest BCUT2D eigenvalue weighted by atomic mass is 79.9. The van der Waals surface area contributed by atoms with E-state index in [2.05, 4.69) is 26.1 Å². The molecule has 1 aromatic carbocycles. The second-order valence-corrected chi connectivity index (χ2v) is 4.92. The van der Waals surface area contributed by atoms with Gasteiger partial charge >= 0.3 is 0 Å². The highest BCUT2D eigenvalue weighted by Crippen LogP contribution is 2.28. The molecule has 5 nitrogen and oxygen atoms in total. The molecule has 3 N–H and O–H groups in total. The van der Waals surface area contributed by atoms with Gasteiger partial charge in [-0.15, -0.1) is 0 Å². The van der Waals surface area contributed by atoms with Crippen LogP contribution in [0.15, 0.2) is 40.1 Å². The Balaban J connectivity index is 2.46. The normalized spacial score (nSPS) is 11.4. The van der Waals surface area contributed by atoms with E-state index in [9.17, 15) is 4.39 Å². The summed E-state index contributed by atoms with van der Waals surface area (Å²) in [6, 6.07) is 5.80. The van der Waals surface area contributed by atoms with Gasteiger partial charge in [-0.25, -0.2) is 9.37 Å². The summed E-state index contributed by atoms with van der Waals surface area (Å²) >= 11 is 3.17. The van der Waals surface area contributed by atoms with Gasteiger partial charge in [-0.2, -0.15) is 0 Å². The number of rotatable bonds is 3. The van der Waals surface area contributed by atoms with Crippen molar-refractivity contribution in [1.29, 1.82) is 0 Å². The van der Waals surface area contributed by atoms with Gasteiger partial charge in [-0.05, 0) is 30.7 Å². The number of amidine groups is 1. The molecule has 0 aliphatic rings. The molecule has 0 fully saturated rings. The van der Waals surface area contributed by atoms with Crippen molar-refractivity contribution in [3.63, 3.8) is 0 Å². The number of nitrogens with two attached hydrogens (primary N) is 1. The summed E-state index contributed by atoms with van der Waals surface area (Å²) in [7, 11) is 0. The lowest BCUT2D eigenvalue weighted by atomic mass is 10.1. The topological polar surface area (TPSA) is 80.7 Å². The summed E-state index contributed by atoms with van der Waals surface area (Å²) in [6.45, 7) is 1.77. The molecular formula is C13H11BrFN3O2. The number of oxime groups is 1. The maximum Gasteiger partial charge on any atom is 0.230 e. The van der Waals surface area contributed by atoms with Crippen molar-refractivity contribution in [2.75, 3.05) is 0 Å². The number of benzene rings is 1. The third kappa shape index (κ3) is 3.05. The minimum atomic E-state index is -0.452. The van der Waals surface area contributed by atoms with Crippen molar-refractivity contribution < 1.29 is 14.3 Å². The van der Waals surface area contributed by atoms with Crippen LogP contribution in [-0.4, -0.2) is 16.0 Å². The van der Waals surface area contributed by atoms with Crippen LogP contribution in [0.2, 0.25) is 0 Å². The molecule has 1 heterocycles. The largest absolute Gasteiger partial charge is 0.438 e. The van der Waals surface area contributed by atoms with E-state index in [-0.39, 0.29) is 17.5 Å². The van der Waals surface area contributed by atoms with Gasteiger partial charge < -0.3 is 15.7 Å². The fourth-order valence-corrected chi connectivity index (χ4v) is 2.12. The van der Waals surface area contributed by atoms with Crippen LogP contribution in [0.3, 0.4) is 0 Å². The molecule has 0 amide bonds. The van der Waals surface area contributed by atoms with E-state index in [1.165, 1.54) is 18.3 Å². The first-order valence-electron chi connectivity index (χ1n) is 5.58. The van der Waals surface area contributed by atoms with Crippen LogP contribution < -0.4 is 10.5 Å². The van der Waals surface area contributed by atoms with Gasteiger partial charge in [0.2, 0.25) is 5.88 Å². The summed E-state index contributed by atoms with van der Waals surface area (Å²) in [5.41, 5.74) is 6.69. The monoisotopic (exact) mass is 339 g/mol. The molecule has 20 heavy (non-hydrogen) atoms. The maximum atomic E-state index is 13.3. The SMILES string of the molecule is Cc1ccnc(Oc2cc(F)cc(Br)c2)c1/C(N)=N/O. The lowest BCUT2D eigenvalue weighted by Gasteiger charge is -2.11. The van der Waals surface area contributed by atoms with E-state index in [4.69, 9.17) is 15.7 Å². The molecule has 0 atom stereocenters. The second-order valence-electron chi connectivity index (χ2n) is 4.00. The van der Waals surface area contributed by atoms with Crippen LogP contribution in [-0.2, 0) is 0 Å². The number of hydrogen-bond acceptors (Lipinski definition) is 4. The van der Waals surface area contributed by atoms with Crippen LogP contribution in [0.1, 0.15) is 11.1 Å². The molecule has 7 heteroatoms. The molecule has 0 radical (unpaired) electrons. The average Bonchev–Trinajstić information content (AvgIpc) is 2.37. The molecule has 0 spiro atoms. The van der Waals surface area contributed by atoms with Gasteiger partial charge in [0.15, 0.2) is 5.84 Å². The van der Waals surface area contributed by atoms with Crippen molar-refractivity contribution in [2.45, 2.75) is 6.92 Å². The first-order valence-corrected chi connectivity index (χ1v) is 6.38. The molecular weight excluding hydrogens is 329 g/mol. The first kappa shape index (κ1) is 14.3. The van der Waals surface area contributed by atoms with Crippen molar-refractivity contribution in [3.8, 4) is 11.6 Å². The van der Waals surface area contributed by atoms with Gasteiger partial charge in [-0.1, -0.05) is 21.1 Å². The van der Waals surface area contributed by atoms with Gasteiger partial charge in [0.1, 0.15) is 11.6 Å². The lowest BCUT2D eigenvalue weighted by molar-refractivity contribution is 0.318. The highest BCUT2D eigenvalue weighted by Gasteiger charge is 2.14. The van der Waals surface area contributed by atoms with Crippen LogP contribution in [0.25, 0.3) is 0 Å². The van der Waals surface area contributed by atoms with E-state index < -0.39 is 5.82 Å². The van der Waals surface area contributed by atoms with Crippen LogP contribution >= 0.6 is 15.9 Å². The lowest BCUT2D eigenvalue weighted by Crippen LogP contribution is -2.16. The fourth-order valence-electron chi connectivity index (χ4n) is 1.67. The van der Waals surface area contributed by atoms with Crippen molar-refractivity contribution in [2.24, 2.45) is 10.9 Å². The Hall–Kier alpha value is -2.15. The molecule has 0 unspecified atom stereocenters. The Morgan fingerprint density at radius 2 is 2.20 bits per heavy atom. The molecule has 2 rings (SSSR count). The van der Waals surface area contributed by atoms with Crippen molar-refractivity contribution in [1.82, 2.24) is 4.98 Å². The third-order valence-corrected chi connectivity index (χ3v) is 3.00. The molecule has 0 saturated heterocycles. The van der Waals surface area contributed by atoms with Crippen molar-refractivity contribution in [3.05, 3.63) is 51.9 Å². The van der Waals surface area contributed by atoms with E-state index in [1.54, 1.807) is 19.1 Å². The van der Waals surface area contributed by atoms with Crippen LogP contribution in [0.5, 0.6) is 11.6 Å². The molecule has 104 valence electrons.